The molecule has 0 aliphatic heterocycles. The number of rotatable bonds is 5. The second-order valence-electron chi connectivity index (χ2n) is 6.65. The van der Waals surface area contributed by atoms with Gasteiger partial charge in [-0.25, -0.2) is 9.67 Å². The van der Waals surface area contributed by atoms with Gasteiger partial charge in [-0.05, 0) is 32.9 Å². The maximum absolute atomic E-state index is 12.7. The van der Waals surface area contributed by atoms with Crippen LogP contribution in [0.5, 0.6) is 0 Å². The van der Waals surface area contributed by atoms with Crippen LogP contribution in [0.3, 0.4) is 0 Å². The quantitative estimate of drug-likeness (QED) is 0.759. The third-order valence-corrected chi connectivity index (χ3v) is 4.16. The number of nitrogens with one attached hydrogen (secondary N) is 1. The number of carbonyl (C=O) groups excluding carboxylic acids is 1. The van der Waals surface area contributed by atoms with E-state index in [-0.39, 0.29) is 23.9 Å². The zero-order valence-electron chi connectivity index (χ0n) is 15.5. The van der Waals surface area contributed by atoms with Gasteiger partial charge in [0.25, 0.3) is 5.56 Å². The highest BCUT2D eigenvalue weighted by molar-refractivity contribution is 5.77. The zero-order valence-corrected chi connectivity index (χ0v) is 15.5. The topological polar surface area (TPSA) is 81.8 Å². The van der Waals surface area contributed by atoms with Gasteiger partial charge in [0.15, 0.2) is 5.65 Å². The van der Waals surface area contributed by atoms with Gasteiger partial charge in [0.1, 0.15) is 11.2 Å². The summed E-state index contributed by atoms with van der Waals surface area (Å²) < 4.78 is 3.29. The number of aromatic nitrogens is 4. The van der Waals surface area contributed by atoms with Crippen molar-refractivity contribution in [3.63, 3.8) is 0 Å². The van der Waals surface area contributed by atoms with Gasteiger partial charge < -0.3 is 5.32 Å². The molecule has 2 aromatic heterocycles. The van der Waals surface area contributed by atoms with Crippen LogP contribution in [0.4, 0.5) is 0 Å². The number of hydrogen-bond acceptors (Lipinski definition) is 4. The van der Waals surface area contributed by atoms with Crippen molar-refractivity contribution in [1.29, 1.82) is 0 Å². The van der Waals surface area contributed by atoms with E-state index in [4.69, 9.17) is 0 Å². The highest BCUT2D eigenvalue weighted by Crippen LogP contribution is 2.19. The SMILES string of the molecule is Cc1nn(-c2ccccc2)c2c1nc(CCC(=O)NC(C)C)c(=O)n2C. The van der Waals surface area contributed by atoms with Gasteiger partial charge in [0.05, 0.1) is 11.4 Å². The molecule has 136 valence electrons. The average molecular weight is 353 g/mol. The van der Waals surface area contributed by atoms with Crippen molar-refractivity contribution >= 4 is 17.1 Å². The highest BCUT2D eigenvalue weighted by atomic mass is 16.1. The highest BCUT2D eigenvalue weighted by Gasteiger charge is 2.18. The van der Waals surface area contributed by atoms with Gasteiger partial charge in [-0.1, -0.05) is 18.2 Å². The first-order chi connectivity index (χ1) is 12.4. The molecule has 0 unspecified atom stereocenters. The Bertz CT molecular complexity index is 1000. The summed E-state index contributed by atoms with van der Waals surface area (Å²) in [5.74, 6) is -0.0827. The molecule has 1 aromatic carbocycles. The average Bonchev–Trinajstić information content (AvgIpc) is 2.94. The van der Waals surface area contributed by atoms with Crippen molar-refractivity contribution < 1.29 is 4.79 Å². The number of para-hydroxylation sites is 1. The Morgan fingerprint density at radius 3 is 2.58 bits per heavy atom. The predicted molar refractivity (Wildman–Crippen MR) is 100 cm³/mol. The molecule has 0 aliphatic carbocycles. The van der Waals surface area contributed by atoms with E-state index < -0.39 is 0 Å². The fourth-order valence-corrected chi connectivity index (χ4v) is 2.95. The molecule has 0 aliphatic rings. The van der Waals surface area contributed by atoms with Crippen molar-refractivity contribution in [2.75, 3.05) is 0 Å². The molecule has 7 nitrogen and oxygen atoms in total. The Balaban J connectivity index is 2.02. The molecule has 26 heavy (non-hydrogen) atoms. The molecular weight excluding hydrogens is 330 g/mol. The normalized spacial score (nSPS) is 11.3. The van der Waals surface area contributed by atoms with Crippen molar-refractivity contribution in [1.82, 2.24) is 24.6 Å². The van der Waals surface area contributed by atoms with E-state index in [1.165, 1.54) is 0 Å². The van der Waals surface area contributed by atoms with Gasteiger partial charge in [-0.15, -0.1) is 0 Å². The second-order valence-corrected chi connectivity index (χ2v) is 6.65. The maximum atomic E-state index is 12.7. The number of benzene rings is 1. The first kappa shape index (κ1) is 17.8. The monoisotopic (exact) mass is 353 g/mol. The molecule has 0 saturated carbocycles. The van der Waals surface area contributed by atoms with E-state index >= 15 is 0 Å². The van der Waals surface area contributed by atoms with E-state index in [1.807, 2.05) is 51.1 Å². The van der Waals surface area contributed by atoms with Gasteiger partial charge in [-0.3, -0.25) is 14.2 Å². The summed E-state index contributed by atoms with van der Waals surface area (Å²) in [7, 11) is 1.71. The minimum absolute atomic E-state index is 0.0760. The van der Waals surface area contributed by atoms with Crippen LogP contribution in [0.25, 0.3) is 16.9 Å². The summed E-state index contributed by atoms with van der Waals surface area (Å²) in [5, 5.41) is 7.38. The molecule has 0 radical (unpaired) electrons. The first-order valence-electron chi connectivity index (χ1n) is 8.68. The lowest BCUT2D eigenvalue weighted by Gasteiger charge is -2.10. The van der Waals surface area contributed by atoms with E-state index in [2.05, 4.69) is 15.4 Å². The van der Waals surface area contributed by atoms with Crippen LogP contribution in [-0.4, -0.2) is 31.3 Å². The molecule has 1 amide bonds. The lowest BCUT2D eigenvalue weighted by atomic mass is 10.2. The largest absolute Gasteiger partial charge is 0.354 e. The fraction of sp³-hybridized carbons (Fsp3) is 0.368. The summed E-state index contributed by atoms with van der Waals surface area (Å²) in [6.07, 6.45) is 0.537. The van der Waals surface area contributed by atoms with Gasteiger partial charge >= 0.3 is 0 Å². The lowest BCUT2D eigenvalue weighted by Crippen LogP contribution is -2.31. The van der Waals surface area contributed by atoms with E-state index in [1.54, 1.807) is 16.3 Å². The smallest absolute Gasteiger partial charge is 0.273 e. The summed E-state index contributed by atoms with van der Waals surface area (Å²) >= 11 is 0. The number of hydrogen-bond donors (Lipinski definition) is 1. The third kappa shape index (κ3) is 3.37. The van der Waals surface area contributed by atoms with Crippen LogP contribution in [0, 0.1) is 6.92 Å². The van der Waals surface area contributed by atoms with Crippen molar-refractivity contribution in [2.45, 2.75) is 39.7 Å². The van der Waals surface area contributed by atoms with Gasteiger partial charge in [0.2, 0.25) is 5.91 Å². The number of fused-ring (bicyclic) bond motifs is 1. The van der Waals surface area contributed by atoms with Crippen molar-refractivity contribution in [3.05, 3.63) is 52.1 Å². The standard InChI is InChI=1S/C19H23N5O2/c1-12(2)20-16(25)11-10-15-19(26)23(4)18-17(21-15)13(3)22-24(18)14-8-6-5-7-9-14/h5-9,12H,10-11H2,1-4H3,(H,20,25). The minimum atomic E-state index is -0.202. The molecule has 2 heterocycles. The first-order valence-corrected chi connectivity index (χ1v) is 8.68. The summed E-state index contributed by atoms with van der Waals surface area (Å²) in [6.45, 7) is 5.68. The molecule has 0 bridgehead atoms. The molecule has 0 atom stereocenters. The molecule has 3 aromatic rings. The van der Waals surface area contributed by atoms with E-state index in [0.29, 0.717) is 23.3 Å². The molecule has 7 heteroatoms. The zero-order chi connectivity index (χ0) is 18.8. The molecule has 3 rings (SSSR count). The number of nitrogens with zero attached hydrogens (tertiary/aromatic N) is 4. The molecular formula is C19H23N5O2. The van der Waals surface area contributed by atoms with Crippen LogP contribution < -0.4 is 10.9 Å². The predicted octanol–water partition coefficient (Wildman–Crippen LogP) is 1.88. The molecule has 0 fully saturated rings. The Morgan fingerprint density at radius 2 is 1.92 bits per heavy atom. The Hall–Kier alpha value is -2.96. The third-order valence-electron chi connectivity index (χ3n) is 4.16. The van der Waals surface area contributed by atoms with Gasteiger partial charge in [-0.2, -0.15) is 5.10 Å². The second kappa shape index (κ2) is 7.11. The molecule has 0 saturated heterocycles. The van der Waals surface area contributed by atoms with Crippen LogP contribution in [-0.2, 0) is 18.3 Å². The van der Waals surface area contributed by atoms with Crippen molar-refractivity contribution in [3.8, 4) is 5.69 Å². The van der Waals surface area contributed by atoms with Crippen LogP contribution in [0.15, 0.2) is 35.1 Å². The lowest BCUT2D eigenvalue weighted by molar-refractivity contribution is -0.121. The molecule has 1 N–H and O–H groups in total. The summed E-state index contributed by atoms with van der Waals surface area (Å²) in [6, 6.07) is 9.71. The Kier molecular flexibility index (Phi) is 4.88. The number of aryl methyl sites for hydroxylation is 3. The minimum Gasteiger partial charge on any atom is -0.354 e. The van der Waals surface area contributed by atoms with Crippen molar-refractivity contribution in [2.24, 2.45) is 7.05 Å². The Labute approximate surface area is 151 Å². The number of carbonyl (C=O) groups is 1. The number of amides is 1. The fourth-order valence-electron chi connectivity index (χ4n) is 2.95. The van der Waals surface area contributed by atoms with E-state index in [0.717, 1.165) is 11.4 Å². The summed E-state index contributed by atoms with van der Waals surface area (Å²) in [5.41, 5.74) is 3.12. The van der Waals surface area contributed by atoms with E-state index in [9.17, 15) is 9.59 Å². The van der Waals surface area contributed by atoms with Crippen LogP contribution in [0.1, 0.15) is 31.7 Å². The van der Waals surface area contributed by atoms with Crippen LogP contribution >= 0.6 is 0 Å². The summed E-state index contributed by atoms with van der Waals surface area (Å²) in [4.78, 5) is 29.2. The Morgan fingerprint density at radius 1 is 1.23 bits per heavy atom. The maximum Gasteiger partial charge on any atom is 0.273 e. The molecule has 0 spiro atoms. The van der Waals surface area contributed by atoms with Crippen LogP contribution in [0.2, 0.25) is 0 Å². The van der Waals surface area contributed by atoms with Gasteiger partial charge in [0, 0.05) is 25.9 Å².